The van der Waals surface area contributed by atoms with E-state index in [9.17, 15) is 4.79 Å². The largest absolute Gasteiger partial charge is 0.323 e. The molecular formula is C17H19IN2O. The Bertz CT molecular complexity index is 653. The molecule has 2 amide bonds. The van der Waals surface area contributed by atoms with E-state index in [0.717, 1.165) is 26.1 Å². The molecule has 0 unspecified atom stereocenters. The second-order valence-electron chi connectivity index (χ2n) is 5.25. The summed E-state index contributed by atoms with van der Waals surface area (Å²) in [7, 11) is 0. The fraction of sp³-hybridized carbons (Fsp3) is 0.235. The molecule has 3 nitrogen and oxygen atoms in total. The fourth-order valence-corrected chi connectivity index (χ4v) is 2.69. The summed E-state index contributed by atoms with van der Waals surface area (Å²) in [5.74, 6) is 0.358. The molecule has 2 aromatic rings. The number of amides is 2. The van der Waals surface area contributed by atoms with Crippen LogP contribution in [0.3, 0.4) is 0 Å². The minimum absolute atomic E-state index is 0.213. The van der Waals surface area contributed by atoms with Crippen LogP contribution in [-0.4, -0.2) is 6.03 Å². The maximum absolute atomic E-state index is 12.2. The summed E-state index contributed by atoms with van der Waals surface area (Å²) in [6.45, 7) is 6.25. The standard InChI is InChI=1S/C17H19IN2O/c1-11(2)13-8-6-7-12(3)16(13)20-17(21)19-15-10-5-4-9-14(15)18/h4-11H,1-3H3,(H2,19,20,21). The van der Waals surface area contributed by atoms with Crippen molar-refractivity contribution in [1.82, 2.24) is 0 Å². The maximum Gasteiger partial charge on any atom is 0.323 e. The second kappa shape index (κ2) is 6.93. The molecule has 2 rings (SSSR count). The number of rotatable bonds is 3. The summed E-state index contributed by atoms with van der Waals surface area (Å²) in [4.78, 5) is 12.2. The second-order valence-corrected chi connectivity index (χ2v) is 6.41. The first kappa shape index (κ1) is 15.8. The highest BCUT2D eigenvalue weighted by atomic mass is 127. The number of anilines is 2. The Kier molecular flexibility index (Phi) is 5.22. The predicted octanol–water partition coefficient (Wildman–Crippen LogP) is 5.37. The lowest BCUT2D eigenvalue weighted by molar-refractivity contribution is 0.262. The van der Waals surface area contributed by atoms with Gasteiger partial charge in [0.15, 0.2) is 0 Å². The minimum Gasteiger partial charge on any atom is -0.307 e. The van der Waals surface area contributed by atoms with Gasteiger partial charge < -0.3 is 10.6 Å². The molecule has 0 atom stereocenters. The van der Waals surface area contributed by atoms with E-state index in [1.807, 2.05) is 43.3 Å². The Hall–Kier alpha value is -1.56. The van der Waals surface area contributed by atoms with Crippen LogP contribution in [0, 0.1) is 10.5 Å². The average Bonchev–Trinajstić information content (AvgIpc) is 2.43. The first-order valence-corrected chi connectivity index (χ1v) is 7.99. The quantitative estimate of drug-likeness (QED) is 0.676. The van der Waals surface area contributed by atoms with Crippen LogP contribution in [-0.2, 0) is 0 Å². The highest BCUT2D eigenvalue weighted by Gasteiger charge is 2.12. The van der Waals surface area contributed by atoms with Gasteiger partial charge in [0.25, 0.3) is 0 Å². The number of carbonyl (C=O) groups excluding carboxylic acids is 1. The third kappa shape index (κ3) is 3.97. The number of hydrogen-bond acceptors (Lipinski definition) is 1. The lowest BCUT2D eigenvalue weighted by atomic mass is 9.98. The zero-order valence-electron chi connectivity index (χ0n) is 12.4. The lowest BCUT2D eigenvalue weighted by Gasteiger charge is -2.17. The van der Waals surface area contributed by atoms with Crippen LogP contribution in [0.25, 0.3) is 0 Å². The summed E-state index contributed by atoms with van der Waals surface area (Å²) in [5, 5.41) is 5.88. The number of hydrogen-bond donors (Lipinski definition) is 2. The van der Waals surface area contributed by atoms with Crippen molar-refractivity contribution in [3.63, 3.8) is 0 Å². The Morgan fingerprint density at radius 3 is 2.43 bits per heavy atom. The van der Waals surface area contributed by atoms with Crippen molar-refractivity contribution >= 4 is 40.0 Å². The normalized spacial score (nSPS) is 10.5. The van der Waals surface area contributed by atoms with Gasteiger partial charge in [0, 0.05) is 9.26 Å². The van der Waals surface area contributed by atoms with Crippen molar-refractivity contribution in [1.29, 1.82) is 0 Å². The van der Waals surface area contributed by atoms with Crippen molar-refractivity contribution < 1.29 is 4.79 Å². The molecule has 0 aliphatic carbocycles. The molecule has 0 fully saturated rings. The van der Waals surface area contributed by atoms with Gasteiger partial charge in [-0.25, -0.2) is 4.79 Å². The van der Waals surface area contributed by atoms with Crippen LogP contribution in [0.15, 0.2) is 42.5 Å². The van der Waals surface area contributed by atoms with E-state index in [0.29, 0.717) is 5.92 Å². The van der Waals surface area contributed by atoms with Gasteiger partial charge in [0.2, 0.25) is 0 Å². The molecule has 0 aliphatic rings. The van der Waals surface area contributed by atoms with Gasteiger partial charge >= 0.3 is 6.03 Å². The molecule has 0 radical (unpaired) electrons. The SMILES string of the molecule is Cc1cccc(C(C)C)c1NC(=O)Nc1ccccc1I. The van der Waals surface area contributed by atoms with Crippen LogP contribution < -0.4 is 10.6 Å². The molecule has 0 aromatic heterocycles. The smallest absolute Gasteiger partial charge is 0.307 e. The number of benzene rings is 2. The number of nitrogens with one attached hydrogen (secondary N) is 2. The van der Waals surface area contributed by atoms with Crippen molar-refractivity contribution in [2.45, 2.75) is 26.7 Å². The van der Waals surface area contributed by atoms with Crippen LogP contribution in [0.1, 0.15) is 30.9 Å². The summed E-state index contributed by atoms with van der Waals surface area (Å²) in [6.07, 6.45) is 0. The van der Waals surface area contributed by atoms with Crippen molar-refractivity contribution in [3.05, 3.63) is 57.2 Å². The van der Waals surface area contributed by atoms with Crippen LogP contribution in [0.5, 0.6) is 0 Å². The summed E-state index contributed by atoms with van der Waals surface area (Å²) in [5.41, 5.74) is 3.93. The van der Waals surface area contributed by atoms with Gasteiger partial charge in [-0.3, -0.25) is 0 Å². The molecular weight excluding hydrogens is 375 g/mol. The third-order valence-electron chi connectivity index (χ3n) is 3.29. The van der Waals surface area contributed by atoms with E-state index in [1.165, 1.54) is 0 Å². The first-order chi connectivity index (χ1) is 9.99. The molecule has 0 saturated heterocycles. The predicted molar refractivity (Wildman–Crippen MR) is 97.1 cm³/mol. The number of halogens is 1. The number of aryl methyl sites for hydroxylation is 1. The van der Waals surface area contributed by atoms with Gasteiger partial charge in [0.05, 0.1) is 5.69 Å². The van der Waals surface area contributed by atoms with Crippen molar-refractivity contribution in [3.8, 4) is 0 Å². The Labute approximate surface area is 139 Å². The van der Waals surface area contributed by atoms with Gasteiger partial charge in [-0.1, -0.05) is 44.2 Å². The van der Waals surface area contributed by atoms with Crippen LogP contribution >= 0.6 is 22.6 Å². The molecule has 21 heavy (non-hydrogen) atoms. The maximum atomic E-state index is 12.2. The van der Waals surface area contributed by atoms with Gasteiger partial charge in [-0.2, -0.15) is 0 Å². The monoisotopic (exact) mass is 394 g/mol. The van der Waals surface area contributed by atoms with E-state index in [-0.39, 0.29) is 6.03 Å². The highest BCUT2D eigenvalue weighted by molar-refractivity contribution is 14.1. The minimum atomic E-state index is -0.213. The summed E-state index contributed by atoms with van der Waals surface area (Å²) >= 11 is 2.21. The molecule has 0 aliphatic heterocycles. The molecule has 0 saturated carbocycles. The van der Waals surface area contributed by atoms with E-state index in [2.05, 4.69) is 53.1 Å². The van der Waals surface area contributed by atoms with Gasteiger partial charge in [0.1, 0.15) is 0 Å². The van der Waals surface area contributed by atoms with Crippen LogP contribution in [0.4, 0.5) is 16.2 Å². The topological polar surface area (TPSA) is 41.1 Å². The van der Waals surface area contributed by atoms with Gasteiger partial charge in [-0.15, -0.1) is 0 Å². The van der Waals surface area contributed by atoms with Crippen molar-refractivity contribution in [2.75, 3.05) is 10.6 Å². The molecule has 110 valence electrons. The molecule has 4 heteroatoms. The van der Waals surface area contributed by atoms with E-state index in [1.54, 1.807) is 0 Å². The van der Waals surface area contributed by atoms with Crippen molar-refractivity contribution in [2.24, 2.45) is 0 Å². The van der Waals surface area contributed by atoms with Gasteiger partial charge in [-0.05, 0) is 58.7 Å². The van der Waals surface area contributed by atoms with Crippen LogP contribution in [0.2, 0.25) is 0 Å². The third-order valence-corrected chi connectivity index (χ3v) is 4.23. The zero-order chi connectivity index (χ0) is 15.4. The summed E-state index contributed by atoms with van der Waals surface area (Å²) in [6, 6.07) is 13.6. The Balaban J connectivity index is 2.19. The lowest BCUT2D eigenvalue weighted by Crippen LogP contribution is -2.21. The van der Waals surface area contributed by atoms with E-state index < -0.39 is 0 Å². The number of urea groups is 1. The summed E-state index contributed by atoms with van der Waals surface area (Å²) < 4.78 is 1.01. The molecule has 2 aromatic carbocycles. The van der Waals surface area contributed by atoms with E-state index >= 15 is 0 Å². The number of carbonyl (C=O) groups is 1. The Morgan fingerprint density at radius 2 is 1.76 bits per heavy atom. The van der Waals surface area contributed by atoms with E-state index in [4.69, 9.17) is 0 Å². The molecule has 2 N–H and O–H groups in total. The molecule has 0 bridgehead atoms. The fourth-order valence-electron chi connectivity index (χ4n) is 2.17. The molecule has 0 spiro atoms. The first-order valence-electron chi connectivity index (χ1n) is 6.91. The zero-order valence-corrected chi connectivity index (χ0v) is 14.6. The number of para-hydroxylation sites is 2. The highest BCUT2D eigenvalue weighted by Crippen LogP contribution is 2.27. The average molecular weight is 394 g/mol. The molecule has 0 heterocycles. The Morgan fingerprint density at radius 1 is 1.05 bits per heavy atom.